The van der Waals surface area contributed by atoms with Crippen molar-refractivity contribution in [2.45, 2.75) is 62.7 Å². The van der Waals surface area contributed by atoms with Crippen LogP contribution >= 0.6 is 12.6 Å². The minimum Gasteiger partial charge on any atom is -0.481 e. The number of hydrogen-bond donors (Lipinski definition) is 9. The second kappa shape index (κ2) is 15.4. The van der Waals surface area contributed by atoms with Crippen LogP contribution < -0.4 is 27.4 Å². The molecule has 4 atom stereocenters. The zero-order valence-corrected chi connectivity index (χ0v) is 19.0. The van der Waals surface area contributed by atoms with Crippen LogP contribution in [0.1, 0.15) is 38.5 Å². The van der Waals surface area contributed by atoms with E-state index in [1.165, 1.54) is 0 Å². The molecule has 16 heteroatoms. The molecule has 15 nitrogen and oxygen atoms in total. The van der Waals surface area contributed by atoms with Gasteiger partial charge >= 0.3 is 17.9 Å². The van der Waals surface area contributed by atoms with Gasteiger partial charge < -0.3 is 42.7 Å². The van der Waals surface area contributed by atoms with Gasteiger partial charge in [0.1, 0.15) is 18.1 Å². The zero-order chi connectivity index (χ0) is 26.4. The fraction of sp³-hybridized carbons (Fsp3) is 0.611. The minimum atomic E-state index is -1.60. The number of hydrogen-bond acceptors (Lipinski definition) is 9. The molecule has 0 aliphatic carbocycles. The van der Waals surface area contributed by atoms with Gasteiger partial charge in [0.15, 0.2) is 0 Å². The molecular formula is C18H29N5O10S. The van der Waals surface area contributed by atoms with Crippen LogP contribution in [0, 0.1) is 0 Å². The molecule has 0 fully saturated rings. The largest absolute Gasteiger partial charge is 0.481 e. The smallest absolute Gasteiger partial charge is 0.326 e. The Hall–Kier alpha value is -3.40. The molecule has 0 saturated heterocycles. The summed E-state index contributed by atoms with van der Waals surface area (Å²) in [4.78, 5) is 81.0. The standard InChI is InChI=1S/C18H29N5O10S/c19-8(1-4-12(20)24)15(29)23-11(7-34)17(31)21-9(2-5-13(25)26)16(30)22-10(18(32)33)3-6-14(27)28/h8-11,34H,1-7,19H2,(H2,20,24)(H,21,31)(H,22,30)(H,23,29)(H,25,26)(H,27,28)(H,32,33). The molecule has 0 radical (unpaired) electrons. The maximum Gasteiger partial charge on any atom is 0.326 e. The topological polar surface area (TPSA) is 268 Å². The molecule has 0 heterocycles. The number of amides is 4. The van der Waals surface area contributed by atoms with E-state index in [4.69, 9.17) is 21.7 Å². The SMILES string of the molecule is NC(=O)CCC(N)C(=O)NC(CS)C(=O)NC(CCC(=O)O)C(=O)NC(CCC(=O)O)C(=O)O. The third-order valence-corrected chi connectivity index (χ3v) is 4.76. The number of carbonyl (C=O) groups excluding carboxylic acids is 4. The van der Waals surface area contributed by atoms with Gasteiger partial charge in [0, 0.05) is 25.0 Å². The average Bonchev–Trinajstić information content (AvgIpc) is 2.74. The van der Waals surface area contributed by atoms with Crippen molar-refractivity contribution in [2.24, 2.45) is 11.5 Å². The fourth-order valence-corrected chi connectivity index (χ4v) is 2.77. The number of thiol groups is 1. The molecule has 4 amide bonds. The second-order valence-electron chi connectivity index (χ2n) is 7.18. The van der Waals surface area contributed by atoms with Crippen LogP contribution in [0.2, 0.25) is 0 Å². The Morgan fingerprint density at radius 3 is 1.56 bits per heavy atom. The third-order valence-electron chi connectivity index (χ3n) is 4.40. The summed E-state index contributed by atoms with van der Waals surface area (Å²) in [7, 11) is 0. The number of aliphatic carboxylic acids is 3. The van der Waals surface area contributed by atoms with Gasteiger partial charge in [-0.25, -0.2) is 4.79 Å². The number of carboxylic acid groups (broad SMARTS) is 3. The summed E-state index contributed by atoms with van der Waals surface area (Å²) in [6, 6.07) is -5.59. The highest BCUT2D eigenvalue weighted by atomic mass is 32.1. The lowest BCUT2D eigenvalue weighted by Gasteiger charge is -2.24. The lowest BCUT2D eigenvalue weighted by molar-refractivity contribution is -0.144. The molecule has 4 unspecified atom stereocenters. The van der Waals surface area contributed by atoms with Gasteiger partial charge in [-0.15, -0.1) is 0 Å². The summed E-state index contributed by atoms with van der Waals surface area (Å²) in [5, 5.41) is 33.4. The van der Waals surface area contributed by atoms with Gasteiger partial charge in [-0.2, -0.15) is 12.6 Å². The monoisotopic (exact) mass is 507 g/mol. The van der Waals surface area contributed by atoms with E-state index in [2.05, 4.69) is 28.6 Å². The summed E-state index contributed by atoms with van der Waals surface area (Å²) in [6.07, 6.45) is -2.26. The Balaban J connectivity index is 5.32. The third kappa shape index (κ3) is 12.6. The number of carbonyl (C=O) groups is 7. The maximum atomic E-state index is 12.6. The van der Waals surface area contributed by atoms with E-state index in [0.29, 0.717) is 0 Å². The van der Waals surface area contributed by atoms with Crippen LogP contribution in [-0.4, -0.2) is 86.8 Å². The van der Waals surface area contributed by atoms with Crippen molar-refractivity contribution in [3.63, 3.8) is 0 Å². The normalized spacial score (nSPS) is 14.1. The average molecular weight is 508 g/mol. The van der Waals surface area contributed by atoms with E-state index in [9.17, 15) is 38.7 Å². The van der Waals surface area contributed by atoms with E-state index in [1.54, 1.807) is 0 Å². The van der Waals surface area contributed by atoms with Gasteiger partial charge in [-0.1, -0.05) is 0 Å². The molecule has 192 valence electrons. The quantitative estimate of drug-likeness (QED) is 0.0883. The predicted octanol–water partition coefficient (Wildman–Crippen LogP) is -3.22. The van der Waals surface area contributed by atoms with E-state index in [1.807, 2.05) is 0 Å². The molecule has 0 aromatic rings. The Kier molecular flexibility index (Phi) is 13.9. The lowest BCUT2D eigenvalue weighted by Crippen LogP contribution is -2.57. The summed E-state index contributed by atoms with van der Waals surface area (Å²) >= 11 is 3.95. The maximum absolute atomic E-state index is 12.6. The Morgan fingerprint density at radius 2 is 1.12 bits per heavy atom. The van der Waals surface area contributed by atoms with Crippen LogP contribution in [0.5, 0.6) is 0 Å². The molecule has 0 aliphatic rings. The highest BCUT2D eigenvalue weighted by molar-refractivity contribution is 7.80. The van der Waals surface area contributed by atoms with Crippen molar-refractivity contribution >= 4 is 54.2 Å². The van der Waals surface area contributed by atoms with Gasteiger partial charge in [-0.3, -0.25) is 28.8 Å². The van der Waals surface area contributed by atoms with Crippen molar-refractivity contribution < 1.29 is 48.9 Å². The molecule has 0 aliphatic heterocycles. The number of carboxylic acids is 3. The first-order valence-corrected chi connectivity index (χ1v) is 10.6. The van der Waals surface area contributed by atoms with Crippen molar-refractivity contribution in [3.05, 3.63) is 0 Å². The van der Waals surface area contributed by atoms with E-state index in [0.717, 1.165) is 0 Å². The molecule has 34 heavy (non-hydrogen) atoms. The first-order valence-electron chi connectivity index (χ1n) is 10.0. The summed E-state index contributed by atoms with van der Waals surface area (Å²) in [5.74, 6) is -7.84. The van der Waals surface area contributed by atoms with Crippen molar-refractivity contribution in [1.82, 2.24) is 16.0 Å². The number of rotatable bonds is 17. The first-order chi connectivity index (χ1) is 15.8. The van der Waals surface area contributed by atoms with E-state index < -0.39 is 91.4 Å². The molecule has 0 spiro atoms. The summed E-state index contributed by atoms with van der Waals surface area (Å²) < 4.78 is 0. The van der Waals surface area contributed by atoms with Crippen LogP contribution in [0.4, 0.5) is 0 Å². The molecule has 10 N–H and O–H groups in total. The minimum absolute atomic E-state index is 0.0847. The fourth-order valence-electron chi connectivity index (χ4n) is 2.51. The van der Waals surface area contributed by atoms with Crippen LogP contribution in [-0.2, 0) is 33.6 Å². The Morgan fingerprint density at radius 1 is 0.676 bits per heavy atom. The van der Waals surface area contributed by atoms with Crippen molar-refractivity contribution in [3.8, 4) is 0 Å². The summed E-state index contributed by atoms with van der Waals surface area (Å²) in [5.41, 5.74) is 10.6. The molecule has 0 rings (SSSR count). The van der Waals surface area contributed by atoms with Gasteiger partial charge in [-0.05, 0) is 19.3 Å². The lowest BCUT2D eigenvalue weighted by atomic mass is 10.1. The summed E-state index contributed by atoms with van der Waals surface area (Å²) in [6.45, 7) is 0. The van der Waals surface area contributed by atoms with Crippen LogP contribution in [0.25, 0.3) is 0 Å². The van der Waals surface area contributed by atoms with Crippen molar-refractivity contribution in [2.75, 3.05) is 5.75 Å². The van der Waals surface area contributed by atoms with Crippen LogP contribution in [0.3, 0.4) is 0 Å². The Labute approximate surface area is 199 Å². The molecule has 0 aromatic heterocycles. The molecule has 0 aromatic carbocycles. The van der Waals surface area contributed by atoms with Crippen LogP contribution in [0.15, 0.2) is 0 Å². The first kappa shape index (κ1) is 30.6. The van der Waals surface area contributed by atoms with E-state index in [-0.39, 0.29) is 18.6 Å². The highest BCUT2D eigenvalue weighted by Crippen LogP contribution is 2.04. The molecule has 0 saturated carbocycles. The van der Waals surface area contributed by atoms with Crippen molar-refractivity contribution in [1.29, 1.82) is 0 Å². The van der Waals surface area contributed by atoms with E-state index >= 15 is 0 Å². The van der Waals surface area contributed by atoms with Gasteiger partial charge in [0.05, 0.1) is 6.04 Å². The Bertz CT molecular complexity index is 793. The predicted molar refractivity (Wildman–Crippen MR) is 117 cm³/mol. The number of nitrogens with two attached hydrogens (primary N) is 2. The highest BCUT2D eigenvalue weighted by Gasteiger charge is 2.30. The second-order valence-corrected chi connectivity index (χ2v) is 7.55. The zero-order valence-electron chi connectivity index (χ0n) is 18.1. The van der Waals surface area contributed by atoms with Gasteiger partial charge in [0.2, 0.25) is 23.6 Å². The van der Waals surface area contributed by atoms with Gasteiger partial charge in [0.25, 0.3) is 0 Å². The number of nitrogens with one attached hydrogen (secondary N) is 3. The molecular weight excluding hydrogens is 478 g/mol. The molecule has 0 bridgehead atoms. The number of primary amides is 1.